The Bertz CT molecular complexity index is 1270. The minimum Gasteiger partial charge on any atom is -0.508 e. The first-order valence-corrected chi connectivity index (χ1v) is 11.1. The summed E-state index contributed by atoms with van der Waals surface area (Å²) in [6, 6.07) is 10.4. The van der Waals surface area contributed by atoms with Crippen LogP contribution in [0.4, 0.5) is 5.69 Å². The quantitative estimate of drug-likeness (QED) is 0.445. The Morgan fingerprint density at radius 2 is 1.88 bits per heavy atom. The molecule has 1 N–H and O–H groups in total. The highest BCUT2D eigenvalue weighted by Crippen LogP contribution is 2.42. The molecule has 32 heavy (non-hydrogen) atoms. The van der Waals surface area contributed by atoms with E-state index in [9.17, 15) is 14.8 Å². The van der Waals surface area contributed by atoms with E-state index in [1.165, 1.54) is 11.3 Å². The van der Waals surface area contributed by atoms with Gasteiger partial charge in [-0.1, -0.05) is 24.3 Å². The number of aromatic nitrogens is 1. The van der Waals surface area contributed by atoms with E-state index in [0.29, 0.717) is 34.1 Å². The average molecular weight is 453 g/mol. The Morgan fingerprint density at radius 1 is 1.12 bits per heavy atom. The van der Waals surface area contributed by atoms with Gasteiger partial charge < -0.3 is 14.6 Å². The van der Waals surface area contributed by atoms with Gasteiger partial charge in [0, 0.05) is 0 Å². The lowest BCUT2D eigenvalue weighted by molar-refractivity contribution is -0.158. The molecule has 2 aromatic carbocycles. The average Bonchev–Trinajstić information content (AvgIpc) is 3.13. The molecule has 1 aromatic heterocycles. The molecule has 0 radical (unpaired) electrons. The highest BCUT2D eigenvalue weighted by atomic mass is 32.1. The maximum absolute atomic E-state index is 13.2. The van der Waals surface area contributed by atoms with Gasteiger partial charge in [0.25, 0.3) is 5.19 Å². The summed E-state index contributed by atoms with van der Waals surface area (Å²) < 4.78 is 12.6. The lowest BCUT2D eigenvalue weighted by atomic mass is 9.81. The van der Waals surface area contributed by atoms with Crippen molar-refractivity contribution in [2.24, 2.45) is 5.18 Å². The zero-order chi connectivity index (χ0) is 23.3. The van der Waals surface area contributed by atoms with Crippen molar-refractivity contribution in [1.82, 2.24) is 4.98 Å². The molecule has 166 valence electrons. The fourth-order valence-electron chi connectivity index (χ4n) is 3.95. The number of thiazole rings is 1. The van der Waals surface area contributed by atoms with E-state index in [1.807, 2.05) is 19.1 Å². The minimum absolute atomic E-state index is 0.0949. The molecule has 4 rings (SSSR count). The second-order valence-electron chi connectivity index (χ2n) is 8.67. The molecule has 0 amide bonds. The third kappa shape index (κ3) is 3.80. The van der Waals surface area contributed by atoms with E-state index in [-0.39, 0.29) is 17.1 Å². The normalized spacial score (nSPS) is 17.6. The number of nitrogens with zero attached hydrogens (tertiary/aromatic N) is 2. The van der Waals surface area contributed by atoms with Gasteiger partial charge in [-0.25, -0.2) is 4.98 Å². The molecule has 0 saturated heterocycles. The number of fused-ring (bicyclic) bond motifs is 1. The van der Waals surface area contributed by atoms with E-state index in [1.54, 1.807) is 52.0 Å². The number of rotatable bonds is 5. The van der Waals surface area contributed by atoms with Crippen LogP contribution in [0.5, 0.6) is 10.9 Å². The van der Waals surface area contributed by atoms with E-state index in [4.69, 9.17) is 9.47 Å². The number of ether oxygens (including phenoxy) is 2. The molecule has 0 atom stereocenters. The highest BCUT2D eigenvalue weighted by molar-refractivity contribution is 7.20. The second kappa shape index (κ2) is 7.79. The molecular formula is C24H24N2O5S. The summed E-state index contributed by atoms with van der Waals surface area (Å²) in [5.41, 5.74) is 0.715. The van der Waals surface area contributed by atoms with Gasteiger partial charge in [-0.05, 0) is 80.8 Å². The van der Waals surface area contributed by atoms with Gasteiger partial charge in [-0.2, -0.15) is 0 Å². The Balaban J connectivity index is 1.78. The SMILES string of the molecule is CCc1ccc(Oc2nc3ccc(N=O)cc3s2)cc1C1=C(O)C(C)(C)OC(C)(C)C1=O. The second-order valence-corrected chi connectivity index (χ2v) is 9.67. The molecule has 0 saturated carbocycles. The number of hydrogen-bond donors (Lipinski definition) is 1. The van der Waals surface area contributed by atoms with Crippen molar-refractivity contribution in [1.29, 1.82) is 0 Å². The van der Waals surface area contributed by atoms with Crippen molar-refractivity contribution in [2.45, 2.75) is 52.2 Å². The number of ketones is 1. The van der Waals surface area contributed by atoms with Crippen molar-refractivity contribution in [2.75, 3.05) is 0 Å². The minimum atomic E-state index is -1.08. The first-order valence-electron chi connectivity index (χ1n) is 10.3. The van der Waals surface area contributed by atoms with Crippen LogP contribution in [0.2, 0.25) is 0 Å². The number of aryl methyl sites for hydroxylation is 1. The van der Waals surface area contributed by atoms with Gasteiger partial charge in [0.2, 0.25) is 0 Å². The Hall–Kier alpha value is -3.10. The number of aliphatic hydroxyl groups excluding tert-OH is 1. The van der Waals surface area contributed by atoms with Gasteiger partial charge in [-0.15, -0.1) is 4.91 Å². The molecule has 0 unspecified atom stereocenters. The Labute approximate surface area is 189 Å². The van der Waals surface area contributed by atoms with Crippen molar-refractivity contribution in [3.05, 3.63) is 58.2 Å². The first kappa shape index (κ1) is 22.1. The smallest absolute Gasteiger partial charge is 0.279 e. The molecule has 1 aliphatic heterocycles. The van der Waals surface area contributed by atoms with Crippen molar-refractivity contribution >= 4 is 38.6 Å². The van der Waals surface area contributed by atoms with Gasteiger partial charge in [0.15, 0.2) is 5.78 Å². The van der Waals surface area contributed by atoms with Crippen LogP contribution >= 0.6 is 11.3 Å². The summed E-state index contributed by atoms with van der Waals surface area (Å²) in [7, 11) is 0. The van der Waals surface area contributed by atoms with E-state index in [0.717, 1.165) is 10.3 Å². The summed E-state index contributed by atoms with van der Waals surface area (Å²) >= 11 is 1.29. The maximum atomic E-state index is 13.2. The van der Waals surface area contributed by atoms with Crippen molar-refractivity contribution < 1.29 is 19.4 Å². The summed E-state index contributed by atoms with van der Waals surface area (Å²) in [4.78, 5) is 28.5. The van der Waals surface area contributed by atoms with Gasteiger partial charge in [0.1, 0.15) is 28.4 Å². The van der Waals surface area contributed by atoms with E-state index >= 15 is 0 Å². The van der Waals surface area contributed by atoms with E-state index in [2.05, 4.69) is 10.2 Å². The van der Waals surface area contributed by atoms with Crippen LogP contribution in [0.1, 0.15) is 45.7 Å². The van der Waals surface area contributed by atoms with Crippen LogP contribution in [-0.4, -0.2) is 27.1 Å². The van der Waals surface area contributed by atoms with Crippen LogP contribution in [0.25, 0.3) is 15.8 Å². The number of benzene rings is 2. The van der Waals surface area contributed by atoms with Gasteiger partial charge in [0.05, 0.1) is 15.8 Å². The zero-order valence-corrected chi connectivity index (χ0v) is 19.4. The lowest BCUT2D eigenvalue weighted by Gasteiger charge is -2.40. The summed E-state index contributed by atoms with van der Waals surface area (Å²) in [6.07, 6.45) is 0.671. The molecule has 3 aromatic rings. The summed E-state index contributed by atoms with van der Waals surface area (Å²) in [5.74, 6) is 0.109. The lowest BCUT2D eigenvalue weighted by Crippen LogP contribution is -2.49. The Morgan fingerprint density at radius 3 is 2.56 bits per heavy atom. The zero-order valence-electron chi connectivity index (χ0n) is 18.6. The molecule has 8 heteroatoms. The molecule has 0 aliphatic carbocycles. The number of nitroso groups, excluding NO2 is 1. The number of carbonyl (C=O) groups excluding carboxylic acids is 1. The molecule has 7 nitrogen and oxygen atoms in total. The molecule has 0 bridgehead atoms. The summed E-state index contributed by atoms with van der Waals surface area (Å²) in [5, 5.41) is 14.3. The molecular weight excluding hydrogens is 428 g/mol. The predicted molar refractivity (Wildman–Crippen MR) is 125 cm³/mol. The number of carbonyl (C=O) groups is 1. The summed E-state index contributed by atoms with van der Waals surface area (Å²) in [6.45, 7) is 8.89. The van der Waals surface area contributed by atoms with E-state index < -0.39 is 11.2 Å². The first-order chi connectivity index (χ1) is 15.1. The van der Waals surface area contributed by atoms with Crippen LogP contribution in [0.3, 0.4) is 0 Å². The Kier molecular flexibility index (Phi) is 5.38. The number of hydrogen-bond acceptors (Lipinski definition) is 8. The van der Waals surface area contributed by atoms with Crippen molar-refractivity contribution in [3.63, 3.8) is 0 Å². The largest absolute Gasteiger partial charge is 0.508 e. The van der Waals surface area contributed by atoms with Crippen molar-refractivity contribution in [3.8, 4) is 10.9 Å². The topological polar surface area (TPSA) is 98.1 Å². The van der Waals surface area contributed by atoms with Crippen LogP contribution < -0.4 is 4.74 Å². The fourth-order valence-corrected chi connectivity index (χ4v) is 4.81. The highest BCUT2D eigenvalue weighted by Gasteiger charge is 2.47. The van der Waals surface area contributed by atoms with Crippen LogP contribution in [0.15, 0.2) is 47.3 Å². The predicted octanol–water partition coefficient (Wildman–Crippen LogP) is 6.47. The monoisotopic (exact) mass is 452 g/mol. The van der Waals surface area contributed by atoms with Gasteiger partial charge >= 0.3 is 0 Å². The van der Waals surface area contributed by atoms with Crippen LogP contribution in [0, 0.1) is 4.91 Å². The molecule has 0 spiro atoms. The molecule has 0 fully saturated rings. The molecule has 2 heterocycles. The fraction of sp³-hybridized carbons (Fsp3) is 0.333. The maximum Gasteiger partial charge on any atom is 0.279 e. The number of aliphatic hydroxyl groups is 1. The van der Waals surface area contributed by atoms with Gasteiger partial charge in [-0.3, -0.25) is 4.79 Å². The standard InChI is InChI=1S/C24H24N2O5S/c1-6-13-7-9-15(30-22-25-17-10-8-14(26-29)11-18(17)32-22)12-16(13)19-20(27)23(2,3)31-24(4,5)21(19)28/h7-12,27H,6H2,1-5H3. The third-order valence-electron chi connectivity index (χ3n) is 5.49. The third-order valence-corrected chi connectivity index (χ3v) is 6.38. The molecule has 1 aliphatic rings. The number of Topliss-reactive ketones (excluding diaryl/α,β-unsaturated/α-hetero) is 1. The van der Waals surface area contributed by atoms with Crippen LogP contribution in [-0.2, 0) is 16.0 Å².